The number of amides is 1. The SMILES string of the molecule is CC1=C(N2CCN(Cc3ccccc3C(F)(F)F)C(=O)C2)C=NNC1. The second-order valence-corrected chi connectivity index (χ2v) is 6.15. The van der Waals surface area contributed by atoms with Gasteiger partial charge in [0, 0.05) is 19.6 Å². The van der Waals surface area contributed by atoms with Crippen molar-refractivity contribution in [2.45, 2.75) is 19.6 Å². The van der Waals surface area contributed by atoms with Gasteiger partial charge in [-0.2, -0.15) is 18.3 Å². The lowest BCUT2D eigenvalue weighted by atomic mass is 10.1. The van der Waals surface area contributed by atoms with E-state index < -0.39 is 11.7 Å². The second-order valence-electron chi connectivity index (χ2n) is 6.15. The van der Waals surface area contributed by atoms with Gasteiger partial charge in [0.25, 0.3) is 0 Å². The van der Waals surface area contributed by atoms with E-state index in [-0.39, 0.29) is 24.6 Å². The number of hydrazone groups is 1. The maximum absolute atomic E-state index is 13.1. The molecule has 2 aliphatic rings. The third-order valence-electron chi connectivity index (χ3n) is 4.40. The molecule has 1 fully saturated rings. The number of nitrogens with zero attached hydrogens (tertiary/aromatic N) is 3. The van der Waals surface area contributed by atoms with E-state index in [0.717, 1.165) is 17.3 Å². The minimum atomic E-state index is -4.42. The normalized spacial score (nSPS) is 18.6. The number of rotatable bonds is 3. The van der Waals surface area contributed by atoms with E-state index in [1.165, 1.54) is 17.0 Å². The van der Waals surface area contributed by atoms with Crippen LogP contribution in [-0.2, 0) is 17.5 Å². The molecule has 2 aliphatic heterocycles. The molecular formula is C17H19F3N4O. The van der Waals surface area contributed by atoms with E-state index in [2.05, 4.69) is 10.5 Å². The monoisotopic (exact) mass is 352 g/mol. The third-order valence-corrected chi connectivity index (χ3v) is 4.40. The molecule has 0 saturated carbocycles. The van der Waals surface area contributed by atoms with Gasteiger partial charge in [-0.25, -0.2) is 0 Å². The number of hydrogen-bond acceptors (Lipinski definition) is 4. The highest BCUT2D eigenvalue weighted by Crippen LogP contribution is 2.32. The van der Waals surface area contributed by atoms with Crippen LogP contribution in [0.4, 0.5) is 13.2 Å². The van der Waals surface area contributed by atoms with Crippen molar-refractivity contribution in [1.29, 1.82) is 0 Å². The summed E-state index contributed by atoms with van der Waals surface area (Å²) in [7, 11) is 0. The van der Waals surface area contributed by atoms with Crippen molar-refractivity contribution < 1.29 is 18.0 Å². The fourth-order valence-corrected chi connectivity index (χ4v) is 3.04. The van der Waals surface area contributed by atoms with Crippen molar-refractivity contribution in [1.82, 2.24) is 15.2 Å². The first kappa shape index (κ1) is 17.3. The van der Waals surface area contributed by atoms with Crippen LogP contribution in [0.2, 0.25) is 0 Å². The number of benzene rings is 1. The smallest absolute Gasteiger partial charge is 0.359 e. The lowest BCUT2D eigenvalue weighted by Gasteiger charge is -2.37. The molecular weight excluding hydrogens is 333 g/mol. The standard InChI is InChI=1S/C17H19F3N4O/c1-12-8-21-22-9-15(12)23-6-7-24(16(25)11-23)10-13-4-2-3-5-14(13)17(18,19)20/h2-5,9,21H,6-8,10-11H2,1H3. The van der Waals surface area contributed by atoms with Gasteiger partial charge >= 0.3 is 6.18 Å². The summed E-state index contributed by atoms with van der Waals surface area (Å²) in [6.07, 6.45) is -2.74. The molecule has 25 heavy (non-hydrogen) atoms. The fourth-order valence-electron chi connectivity index (χ4n) is 3.04. The van der Waals surface area contributed by atoms with Crippen LogP contribution >= 0.6 is 0 Å². The van der Waals surface area contributed by atoms with Crippen molar-refractivity contribution in [3.63, 3.8) is 0 Å². The number of allylic oxidation sites excluding steroid dienone is 1. The number of hydrogen-bond donors (Lipinski definition) is 1. The average Bonchev–Trinajstić information content (AvgIpc) is 2.57. The Kier molecular flexibility index (Phi) is 4.69. The molecule has 8 heteroatoms. The van der Waals surface area contributed by atoms with Gasteiger partial charge in [-0.15, -0.1) is 0 Å². The lowest BCUT2D eigenvalue weighted by Crippen LogP contribution is -2.50. The molecule has 1 aromatic rings. The molecule has 3 rings (SSSR count). The maximum atomic E-state index is 13.1. The zero-order chi connectivity index (χ0) is 18.0. The zero-order valence-electron chi connectivity index (χ0n) is 13.8. The van der Waals surface area contributed by atoms with Crippen molar-refractivity contribution in [2.24, 2.45) is 5.10 Å². The van der Waals surface area contributed by atoms with E-state index in [1.807, 2.05) is 11.8 Å². The van der Waals surface area contributed by atoms with Crippen molar-refractivity contribution >= 4 is 12.1 Å². The highest BCUT2D eigenvalue weighted by molar-refractivity contribution is 5.84. The topological polar surface area (TPSA) is 47.9 Å². The van der Waals surface area contributed by atoms with Gasteiger partial charge in [-0.1, -0.05) is 18.2 Å². The first-order valence-corrected chi connectivity index (χ1v) is 8.00. The minimum Gasteiger partial charge on any atom is -0.359 e. The molecule has 0 bridgehead atoms. The van der Waals surface area contributed by atoms with Gasteiger partial charge in [0.05, 0.1) is 30.6 Å². The largest absolute Gasteiger partial charge is 0.416 e. The van der Waals surface area contributed by atoms with E-state index in [1.54, 1.807) is 12.3 Å². The molecule has 2 heterocycles. The summed E-state index contributed by atoms with van der Waals surface area (Å²) in [6.45, 7) is 3.65. The Morgan fingerprint density at radius 1 is 1.24 bits per heavy atom. The Balaban J connectivity index is 1.71. The molecule has 1 amide bonds. The molecule has 0 aliphatic carbocycles. The summed E-state index contributed by atoms with van der Waals surface area (Å²) in [4.78, 5) is 15.8. The number of carbonyl (C=O) groups is 1. The van der Waals surface area contributed by atoms with Crippen LogP contribution in [0.1, 0.15) is 18.1 Å². The Morgan fingerprint density at radius 2 is 2.00 bits per heavy atom. The van der Waals surface area contributed by atoms with Gasteiger partial charge in [0.1, 0.15) is 0 Å². The Morgan fingerprint density at radius 3 is 2.68 bits per heavy atom. The minimum absolute atomic E-state index is 0.0317. The Hall–Kier alpha value is -2.51. The number of carbonyl (C=O) groups excluding carboxylic acids is 1. The van der Waals surface area contributed by atoms with Gasteiger partial charge in [-0.3, -0.25) is 4.79 Å². The highest BCUT2D eigenvalue weighted by atomic mass is 19.4. The van der Waals surface area contributed by atoms with Crippen molar-refractivity contribution in [3.05, 3.63) is 46.7 Å². The number of nitrogens with one attached hydrogen (secondary N) is 1. The maximum Gasteiger partial charge on any atom is 0.416 e. The number of halogens is 3. The summed E-state index contributed by atoms with van der Waals surface area (Å²) < 4.78 is 39.3. The van der Waals surface area contributed by atoms with Gasteiger partial charge < -0.3 is 15.2 Å². The quantitative estimate of drug-likeness (QED) is 0.907. The molecule has 134 valence electrons. The zero-order valence-corrected chi connectivity index (χ0v) is 13.8. The third kappa shape index (κ3) is 3.78. The molecule has 1 N–H and O–H groups in total. The molecule has 0 aromatic heterocycles. The molecule has 0 unspecified atom stereocenters. The van der Waals surface area contributed by atoms with Crippen LogP contribution in [-0.4, -0.2) is 48.1 Å². The van der Waals surface area contributed by atoms with Crippen LogP contribution in [0.5, 0.6) is 0 Å². The Labute approximate surface area is 143 Å². The lowest BCUT2D eigenvalue weighted by molar-refractivity contribution is -0.141. The summed E-state index contributed by atoms with van der Waals surface area (Å²) in [6, 6.07) is 5.40. The summed E-state index contributed by atoms with van der Waals surface area (Å²) in [5.74, 6) is -0.185. The fraction of sp³-hybridized carbons (Fsp3) is 0.412. The second kappa shape index (κ2) is 6.78. The first-order valence-electron chi connectivity index (χ1n) is 8.00. The highest BCUT2D eigenvalue weighted by Gasteiger charge is 2.34. The van der Waals surface area contributed by atoms with Crippen LogP contribution in [0.25, 0.3) is 0 Å². The summed E-state index contributed by atoms with van der Waals surface area (Å²) >= 11 is 0. The number of alkyl halides is 3. The first-order chi connectivity index (χ1) is 11.9. The van der Waals surface area contributed by atoms with Crippen LogP contribution in [0.3, 0.4) is 0 Å². The van der Waals surface area contributed by atoms with Crippen LogP contribution in [0, 0.1) is 0 Å². The van der Waals surface area contributed by atoms with Gasteiger partial charge in [-0.05, 0) is 24.1 Å². The van der Waals surface area contributed by atoms with Gasteiger partial charge in [0.2, 0.25) is 5.91 Å². The van der Waals surface area contributed by atoms with E-state index in [9.17, 15) is 18.0 Å². The van der Waals surface area contributed by atoms with E-state index in [4.69, 9.17) is 0 Å². The van der Waals surface area contributed by atoms with Gasteiger partial charge in [0.15, 0.2) is 0 Å². The van der Waals surface area contributed by atoms with Crippen molar-refractivity contribution in [3.8, 4) is 0 Å². The predicted molar refractivity (Wildman–Crippen MR) is 87.6 cm³/mol. The van der Waals surface area contributed by atoms with Crippen LogP contribution in [0.15, 0.2) is 40.6 Å². The van der Waals surface area contributed by atoms with Crippen molar-refractivity contribution in [2.75, 3.05) is 26.2 Å². The van der Waals surface area contributed by atoms with E-state index in [0.29, 0.717) is 19.6 Å². The number of piperazine rings is 1. The molecule has 0 radical (unpaired) electrons. The molecule has 5 nitrogen and oxygen atoms in total. The summed E-state index contributed by atoms with van der Waals surface area (Å²) in [5.41, 5.74) is 4.28. The van der Waals surface area contributed by atoms with Crippen LogP contribution < -0.4 is 5.43 Å². The Bertz CT molecular complexity index is 727. The molecule has 1 saturated heterocycles. The molecule has 1 aromatic carbocycles. The van der Waals surface area contributed by atoms with E-state index >= 15 is 0 Å². The average molecular weight is 352 g/mol. The molecule has 0 spiro atoms. The predicted octanol–water partition coefficient (Wildman–Crippen LogP) is 2.21. The summed E-state index contributed by atoms with van der Waals surface area (Å²) in [5, 5.41) is 4.01. The molecule has 0 atom stereocenters.